The molecule has 1 amide bonds. The van der Waals surface area contributed by atoms with Crippen LogP contribution in [-0.4, -0.2) is 38.2 Å². The Balaban J connectivity index is 1.53. The van der Waals surface area contributed by atoms with Crippen LogP contribution in [0.5, 0.6) is 0 Å². The van der Waals surface area contributed by atoms with Gasteiger partial charge in [0.1, 0.15) is 0 Å². The lowest BCUT2D eigenvalue weighted by molar-refractivity contribution is 0.0379. The van der Waals surface area contributed by atoms with E-state index < -0.39 is 0 Å². The lowest BCUT2D eigenvalue weighted by Crippen LogP contribution is -2.49. The lowest BCUT2D eigenvalue weighted by atomic mass is 9.78. The second-order valence-electron chi connectivity index (χ2n) is 8.13. The normalized spacial score (nSPS) is 21.6. The highest BCUT2D eigenvalue weighted by Gasteiger charge is 2.37. The number of rotatable bonds is 3. The van der Waals surface area contributed by atoms with Gasteiger partial charge in [0.15, 0.2) is 5.82 Å². The molecule has 2 atom stereocenters. The summed E-state index contributed by atoms with van der Waals surface area (Å²) < 4.78 is 1.80. The number of aromatic nitrogens is 3. The molecule has 2 heterocycles. The first-order valence-corrected chi connectivity index (χ1v) is 10.7. The summed E-state index contributed by atoms with van der Waals surface area (Å²) in [4.78, 5) is 20.3. The van der Waals surface area contributed by atoms with Gasteiger partial charge in [0.05, 0.1) is 5.69 Å². The number of piperidine rings is 1. The average Bonchev–Trinajstić information content (AvgIpc) is 3.25. The first-order valence-electron chi connectivity index (χ1n) is 10.7. The van der Waals surface area contributed by atoms with Crippen molar-refractivity contribution in [2.45, 2.75) is 44.6 Å². The minimum atomic E-state index is -0.0199. The molecule has 0 spiro atoms. The number of hydrogen-bond acceptors (Lipinski definition) is 3. The minimum Gasteiger partial charge on any atom is -0.333 e. The van der Waals surface area contributed by atoms with Gasteiger partial charge in [0.25, 0.3) is 5.91 Å². The number of likely N-dealkylation sites (tertiary alicyclic amines) is 1. The number of amides is 1. The highest BCUT2D eigenvalue weighted by molar-refractivity contribution is 5.91. The van der Waals surface area contributed by atoms with E-state index in [1.807, 2.05) is 60.7 Å². The van der Waals surface area contributed by atoms with Gasteiger partial charge in [0, 0.05) is 18.2 Å². The number of carbonyl (C=O) groups is 1. The van der Waals surface area contributed by atoms with Gasteiger partial charge in [-0.25, -0.2) is 9.67 Å². The van der Waals surface area contributed by atoms with Crippen molar-refractivity contribution in [2.75, 3.05) is 6.54 Å². The van der Waals surface area contributed by atoms with Crippen molar-refractivity contribution in [3.63, 3.8) is 0 Å². The fourth-order valence-electron chi connectivity index (χ4n) is 4.93. The maximum atomic E-state index is 13.5. The quantitative estimate of drug-likeness (QED) is 0.654. The number of fused-ring (bicyclic) bond motifs is 1. The Hall–Kier alpha value is -2.95. The van der Waals surface area contributed by atoms with Gasteiger partial charge in [-0.3, -0.25) is 4.79 Å². The summed E-state index contributed by atoms with van der Waals surface area (Å²) in [6.45, 7) is 0.820. The average molecular weight is 386 g/mol. The molecule has 2 aliphatic rings. The van der Waals surface area contributed by atoms with Crippen molar-refractivity contribution in [1.82, 2.24) is 19.7 Å². The molecule has 3 aromatic rings. The second kappa shape index (κ2) is 7.82. The summed E-state index contributed by atoms with van der Waals surface area (Å²) in [7, 11) is 0. The Morgan fingerprint density at radius 3 is 2.34 bits per heavy atom. The van der Waals surface area contributed by atoms with Crippen LogP contribution in [-0.2, 0) is 0 Å². The van der Waals surface area contributed by atoms with Crippen molar-refractivity contribution >= 4 is 5.91 Å². The Kier molecular flexibility index (Phi) is 4.88. The molecule has 2 unspecified atom stereocenters. The van der Waals surface area contributed by atoms with Crippen molar-refractivity contribution in [3.8, 4) is 17.1 Å². The Morgan fingerprint density at radius 1 is 0.862 bits per heavy atom. The van der Waals surface area contributed by atoms with E-state index in [0.717, 1.165) is 30.6 Å². The van der Waals surface area contributed by atoms with Gasteiger partial charge in [-0.1, -0.05) is 61.4 Å². The largest absolute Gasteiger partial charge is 0.333 e. The molecule has 5 heteroatoms. The zero-order valence-electron chi connectivity index (χ0n) is 16.6. The Labute approximate surface area is 171 Å². The molecule has 1 saturated heterocycles. The SMILES string of the molecule is O=C(c1nc(-c2ccccc2)n(-c2ccccc2)n1)N1CCCC2CCCCC21. The van der Waals surface area contributed by atoms with Crippen LogP contribution in [0, 0.1) is 5.92 Å². The van der Waals surface area contributed by atoms with Gasteiger partial charge in [0.2, 0.25) is 5.82 Å². The van der Waals surface area contributed by atoms with Crippen molar-refractivity contribution in [1.29, 1.82) is 0 Å². The van der Waals surface area contributed by atoms with Crippen molar-refractivity contribution in [2.24, 2.45) is 5.92 Å². The summed E-state index contributed by atoms with van der Waals surface area (Å²) in [6.07, 6.45) is 7.19. The van der Waals surface area contributed by atoms with Gasteiger partial charge in [-0.05, 0) is 43.7 Å². The number of nitrogens with zero attached hydrogens (tertiary/aromatic N) is 4. The summed E-state index contributed by atoms with van der Waals surface area (Å²) in [5.41, 5.74) is 1.86. The molecule has 0 N–H and O–H groups in total. The van der Waals surface area contributed by atoms with Crippen LogP contribution in [0.2, 0.25) is 0 Å². The lowest BCUT2D eigenvalue weighted by Gasteiger charge is -2.43. The van der Waals surface area contributed by atoms with E-state index in [1.165, 1.54) is 25.7 Å². The van der Waals surface area contributed by atoms with Crippen LogP contribution in [0.4, 0.5) is 0 Å². The first kappa shape index (κ1) is 18.1. The van der Waals surface area contributed by atoms with E-state index in [1.54, 1.807) is 4.68 Å². The van der Waals surface area contributed by atoms with E-state index in [0.29, 0.717) is 23.6 Å². The second-order valence-corrected chi connectivity index (χ2v) is 8.13. The van der Waals surface area contributed by atoms with Crippen LogP contribution in [0.15, 0.2) is 60.7 Å². The zero-order chi connectivity index (χ0) is 19.6. The minimum absolute atomic E-state index is 0.0199. The fraction of sp³-hybridized carbons (Fsp3) is 0.375. The third-order valence-corrected chi connectivity index (χ3v) is 6.34. The molecule has 1 aromatic heterocycles. The van der Waals surface area contributed by atoms with Crippen LogP contribution < -0.4 is 0 Å². The van der Waals surface area contributed by atoms with Crippen LogP contribution >= 0.6 is 0 Å². The van der Waals surface area contributed by atoms with Crippen molar-refractivity contribution in [3.05, 3.63) is 66.5 Å². The molecule has 148 valence electrons. The van der Waals surface area contributed by atoms with Crippen LogP contribution in [0.25, 0.3) is 17.1 Å². The molecule has 5 rings (SSSR count). The first-order chi connectivity index (χ1) is 14.3. The molecule has 2 aromatic carbocycles. The predicted octanol–water partition coefficient (Wildman–Crippen LogP) is 4.73. The molecular weight excluding hydrogens is 360 g/mol. The van der Waals surface area contributed by atoms with E-state index in [-0.39, 0.29) is 5.91 Å². The van der Waals surface area contributed by atoms with Gasteiger partial charge in [-0.15, -0.1) is 5.10 Å². The highest BCUT2D eigenvalue weighted by Crippen LogP contribution is 2.36. The smallest absolute Gasteiger partial charge is 0.293 e. The molecule has 1 aliphatic heterocycles. The topological polar surface area (TPSA) is 51.0 Å². The Bertz CT molecular complexity index is 924. The van der Waals surface area contributed by atoms with E-state index in [4.69, 9.17) is 4.98 Å². The summed E-state index contributed by atoms with van der Waals surface area (Å²) in [6, 6.07) is 20.2. The molecule has 5 nitrogen and oxygen atoms in total. The van der Waals surface area contributed by atoms with Gasteiger partial charge >= 0.3 is 0 Å². The third kappa shape index (κ3) is 3.46. The summed E-state index contributed by atoms with van der Waals surface area (Å²) in [5.74, 6) is 1.64. The fourth-order valence-corrected chi connectivity index (χ4v) is 4.93. The predicted molar refractivity (Wildman–Crippen MR) is 113 cm³/mol. The number of para-hydroxylation sites is 1. The highest BCUT2D eigenvalue weighted by atomic mass is 16.2. The monoisotopic (exact) mass is 386 g/mol. The van der Waals surface area contributed by atoms with E-state index in [2.05, 4.69) is 10.00 Å². The molecule has 2 fully saturated rings. The number of benzene rings is 2. The zero-order valence-corrected chi connectivity index (χ0v) is 16.6. The van der Waals surface area contributed by atoms with Crippen LogP contribution in [0.1, 0.15) is 49.1 Å². The summed E-state index contributed by atoms with van der Waals surface area (Å²) in [5, 5.41) is 4.68. The van der Waals surface area contributed by atoms with E-state index >= 15 is 0 Å². The third-order valence-electron chi connectivity index (χ3n) is 6.34. The Morgan fingerprint density at radius 2 is 1.55 bits per heavy atom. The molecule has 0 radical (unpaired) electrons. The molecule has 29 heavy (non-hydrogen) atoms. The maximum absolute atomic E-state index is 13.5. The standard InChI is InChI=1S/C24H26N4O/c29-24(27-17-9-13-18-10-7-8-16-21(18)27)22-25-23(19-11-3-1-4-12-19)28(26-22)20-14-5-2-6-15-20/h1-6,11-12,14-15,18,21H,7-10,13,16-17H2. The molecule has 1 aliphatic carbocycles. The molecule has 1 saturated carbocycles. The molecular formula is C24H26N4O. The van der Waals surface area contributed by atoms with Gasteiger partial charge < -0.3 is 4.90 Å². The van der Waals surface area contributed by atoms with Crippen LogP contribution in [0.3, 0.4) is 0 Å². The van der Waals surface area contributed by atoms with Gasteiger partial charge in [-0.2, -0.15) is 0 Å². The van der Waals surface area contributed by atoms with Crippen molar-refractivity contribution < 1.29 is 4.79 Å². The van der Waals surface area contributed by atoms with E-state index in [9.17, 15) is 4.79 Å². The maximum Gasteiger partial charge on any atom is 0.293 e. The molecule has 0 bridgehead atoms. The number of hydrogen-bond donors (Lipinski definition) is 0. The summed E-state index contributed by atoms with van der Waals surface area (Å²) >= 11 is 0. The number of carbonyl (C=O) groups excluding carboxylic acids is 1.